The molecule has 1 unspecified atom stereocenters. The van der Waals surface area contributed by atoms with E-state index in [2.05, 4.69) is 4.99 Å². The molecule has 0 spiro atoms. The fraction of sp³-hybridized carbons (Fsp3) is 0.118. The molecule has 1 heterocycles. The van der Waals surface area contributed by atoms with Crippen LogP contribution < -0.4 is 0 Å². The summed E-state index contributed by atoms with van der Waals surface area (Å²) in [5.41, 5.74) is 2.36. The molecular formula is C17H14ClNO2S. The van der Waals surface area contributed by atoms with E-state index in [1.807, 2.05) is 48.5 Å². The van der Waals surface area contributed by atoms with Crippen LogP contribution in [0, 0.1) is 0 Å². The van der Waals surface area contributed by atoms with Crippen LogP contribution in [-0.4, -0.2) is 20.9 Å². The lowest BCUT2D eigenvalue weighted by Crippen LogP contribution is -2.13. The SMILES string of the molecule is O=S(Cc1ccccc1)C1=NCC(O)=C(Cl)c2ccccc21. The number of nitrogens with zero attached hydrogens (tertiary/aromatic N) is 1. The molecule has 0 fully saturated rings. The molecule has 0 amide bonds. The average molecular weight is 332 g/mol. The summed E-state index contributed by atoms with van der Waals surface area (Å²) in [5, 5.41) is 10.7. The first-order chi connectivity index (χ1) is 10.7. The lowest BCUT2D eigenvalue weighted by atomic mass is 10.1. The Morgan fingerprint density at radius 2 is 1.68 bits per heavy atom. The molecule has 0 bridgehead atoms. The molecule has 22 heavy (non-hydrogen) atoms. The fourth-order valence-electron chi connectivity index (χ4n) is 2.31. The molecule has 0 saturated heterocycles. The smallest absolute Gasteiger partial charge is 0.133 e. The normalized spacial score (nSPS) is 15.8. The van der Waals surface area contributed by atoms with Gasteiger partial charge in [0.05, 0.1) is 28.1 Å². The third-order valence-corrected chi connectivity index (χ3v) is 5.17. The molecule has 0 radical (unpaired) electrons. The van der Waals surface area contributed by atoms with Gasteiger partial charge in [0.2, 0.25) is 0 Å². The van der Waals surface area contributed by atoms with Gasteiger partial charge in [0, 0.05) is 11.1 Å². The molecule has 2 aromatic rings. The maximum absolute atomic E-state index is 12.7. The summed E-state index contributed by atoms with van der Waals surface area (Å²) >= 11 is 6.19. The summed E-state index contributed by atoms with van der Waals surface area (Å²) in [6.07, 6.45) is 0. The van der Waals surface area contributed by atoms with Crippen LogP contribution >= 0.6 is 11.6 Å². The number of benzene rings is 2. The largest absolute Gasteiger partial charge is 0.509 e. The van der Waals surface area contributed by atoms with Gasteiger partial charge in [-0.05, 0) is 5.56 Å². The van der Waals surface area contributed by atoms with E-state index in [9.17, 15) is 9.32 Å². The minimum Gasteiger partial charge on any atom is -0.509 e. The summed E-state index contributed by atoms with van der Waals surface area (Å²) in [6, 6.07) is 16.9. The zero-order chi connectivity index (χ0) is 15.5. The van der Waals surface area contributed by atoms with Crippen molar-refractivity contribution in [1.29, 1.82) is 0 Å². The first kappa shape index (κ1) is 15.0. The molecule has 0 aliphatic carbocycles. The number of rotatable bonds is 2. The number of aliphatic hydroxyl groups excluding tert-OH is 1. The molecule has 1 aliphatic heterocycles. The molecule has 1 aliphatic rings. The van der Waals surface area contributed by atoms with Crippen LogP contribution in [0.15, 0.2) is 65.3 Å². The van der Waals surface area contributed by atoms with Gasteiger partial charge in [-0.2, -0.15) is 0 Å². The number of hydrogen-bond acceptors (Lipinski definition) is 3. The molecular weight excluding hydrogens is 318 g/mol. The minimum atomic E-state index is -1.31. The van der Waals surface area contributed by atoms with Crippen LogP contribution in [0.1, 0.15) is 16.7 Å². The van der Waals surface area contributed by atoms with Gasteiger partial charge in [-0.25, -0.2) is 0 Å². The Balaban J connectivity index is 1.98. The van der Waals surface area contributed by atoms with Crippen molar-refractivity contribution in [2.24, 2.45) is 4.99 Å². The van der Waals surface area contributed by atoms with Crippen molar-refractivity contribution in [2.45, 2.75) is 5.75 Å². The standard InChI is InChI=1S/C17H14ClNO2S/c18-16-13-8-4-5-9-14(13)17(19-10-15(16)20)22(21)11-12-6-2-1-3-7-12/h1-9,20H,10-11H2. The van der Waals surface area contributed by atoms with Gasteiger partial charge in [0.1, 0.15) is 10.8 Å². The molecule has 3 rings (SSSR count). The zero-order valence-electron chi connectivity index (χ0n) is 11.7. The molecule has 5 heteroatoms. The maximum Gasteiger partial charge on any atom is 0.133 e. The van der Waals surface area contributed by atoms with Crippen molar-refractivity contribution >= 4 is 32.5 Å². The predicted octanol–water partition coefficient (Wildman–Crippen LogP) is 3.86. The summed E-state index contributed by atoms with van der Waals surface area (Å²) in [6.45, 7) is 0.0450. The number of aliphatic hydroxyl groups is 1. The summed E-state index contributed by atoms with van der Waals surface area (Å²) in [4.78, 5) is 4.32. The quantitative estimate of drug-likeness (QED) is 0.908. The van der Waals surface area contributed by atoms with E-state index in [4.69, 9.17) is 11.6 Å². The van der Waals surface area contributed by atoms with Crippen molar-refractivity contribution in [3.05, 3.63) is 77.0 Å². The molecule has 1 atom stereocenters. The predicted molar refractivity (Wildman–Crippen MR) is 91.5 cm³/mol. The lowest BCUT2D eigenvalue weighted by Gasteiger charge is -2.09. The molecule has 0 saturated carbocycles. The van der Waals surface area contributed by atoms with Gasteiger partial charge in [-0.1, -0.05) is 66.2 Å². The number of fused-ring (bicyclic) bond motifs is 1. The van der Waals surface area contributed by atoms with Crippen LogP contribution in [0.5, 0.6) is 0 Å². The third-order valence-electron chi connectivity index (χ3n) is 3.38. The maximum atomic E-state index is 12.7. The molecule has 3 nitrogen and oxygen atoms in total. The van der Waals surface area contributed by atoms with Crippen LogP contribution in [0.2, 0.25) is 0 Å². The Morgan fingerprint density at radius 3 is 2.41 bits per heavy atom. The average Bonchev–Trinajstić information content (AvgIpc) is 2.67. The van der Waals surface area contributed by atoms with Crippen LogP contribution in [0.25, 0.3) is 5.03 Å². The Hall–Kier alpha value is -1.91. The van der Waals surface area contributed by atoms with E-state index in [1.165, 1.54) is 0 Å². The van der Waals surface area contributed by atoms with E-state index in [0.29, 0.717) is 21.9 Å². The highest BCUT2D eigenvalue weighted by molar-refractivity contribution is 8.00. The van der Waals surface area contributed by atoms with E-state index >= 15 is 0 Å². The monoisotopic (exact) mass is 331 g/mol. The Bertz CT molecular complexity index is 784. The Labute approximate surface area is 136 Å². The van der Waals surface area contributed by atoms with Gasteiger partial charge < -0.3 is 5.11 Å². The highest BCUT2D eigenvalue weighted by Crippen LogP contribution is 2.29. The van der Waals surface area contributed by atoms with Crippen molar-refractivity contribution in [2.75, 3.05) is 6.54 Å². The van der Waals surface area contributed by atoms with E-state index < -0.39 is 10.8 Å². The number of hydrogen-bond donors (Lipinski definition) is 1. The van der Waals surface area contributed by atoms with Crippen molar-refractivity contribution in [1.82, 2.24) is 0 Å². The van der Waals surface area contributed by atoms with Crippen molar-refractivity contribution in [3.8, 4) is 0 Å². The van der Waals surface area contributed by atoms with Gasteiger partial charge >= 0.3 is 0 Å². The third kappa shape index (κ3) is 2.98. The van der Waals surface area contributed by atoms with E-state index in [1.54, 1.807) is 6.07 Å². The van der Waals surface area contributed by atoms with E-state index in [-0.39, 0.29) is 17.3 Å². The second-order valence-corrected chi connectivity index (χ2v) is 6.65. The number of halogens is 1. The molecule has 1 N–H and O–H groups in total. The minimum absolute atomic E-state index is 0.000766. The van der Waals surface area contributed by atoms with Gasteiger partial charge in [0.25, 0.3) is 0 Å². The summed E-state index contributed by atoms with van der Waals surface area (Å²) < 4.78 is 12.7. The van der Waals surface area contributed by atoms with Crippen molar-refractivity contribution < 1.29 is 9.32 Å². The molecule has 2 aromatic carbocycles. The summed E-state index contributed by atoms with van der Waals surface area (Å²) in [7, 11) is -1.31. The van der Waals surface area contributed by atoms with Crippen LogP contribution in [-0.2, 0) is 16.6 Å². The van der Waals surface area contributed by atoms with Gasteiger partial charge in [-0.3, -0.25) is 9.20 Å². The van der Waals surface area contributed by atoms with Gasteiger partial charge in [-0.15, -0.1) is 0 Å². The van der Waals surface area contributed by atoms with E-state index in [0.717, 1.165) is 5.56 Å². The second kappa shape index (κ2) is 6.46. The summed E-state index contributed by atoms with van der Waals surface area (Å²) in [5.74, 6) is 0.382. The zero-order valence-corrected chi connectivity index (χ0v) is 13.3. The topological polar surface area (TPSA) is 49.7 Å². The number of aliphatic imine (C=N–C) groups is 1. The lowest BCUT2D eigenvalue weighted by molar-refractivity contribution is 0.409. The Morgan fingerprint density at radius 1 is 1.05 bits per heavy atom. The highest BCUT2D eigenvalue weighted by Gasteiger charge is 2.22. The van der Waals surface area contributed by atoms with Crippen LogP contribution in [0.4, 0.5) is 0 Å². The van der Waals surface area contributed by atoms with Gasteiger partial charge in [0.15, 0.2) is 0 Å². The second-order valence-electron chi connectivity index (χ2n) is 4.90. The Kier molecular flexibility index (Phi) is 4.41. The molecule has 0 aromatic heterocycles. The van der Waals surface area contributed by atoms with Crippen molar-refractivity contribution in [3.63, 3.8) is 0 Å². The highest BCUT2D eigenvalue weighted by atomic mass is 35.5. The van der Waals surface area contributed by atoms with Crippen LogP contribution in [0.3, 0.4) is 0 Å². The fourth-order valence-corrected chi connectivity index (χ4v) is 3.79. The first-order valence-corrected chi connectivity index (χ1v) is 8.50. The molecule has 112 valence electrons. The first-order valence-electron chi connectivity index (χ1n) is 6.81.